The summed E-state index contributed by atoms with van der Waals surface area (Å²) in [5, 5.41) is 13.7. The first-order valence-electron chi connectivity index (χ1n) is 5.33. The summed E-state index contributed by atoms with van der Waals surface area (Å²) in [6.45, 7) is 3.96. The Hall–Kier alpha value is -2.44. The molecule has 0 unspecified atom stereocenters. The van der Waals surface area contributed by atoms with E-state index in [2.05, 4.69) is 15.3 Å². The summed E-state index contributed by atoms with van der Waals surface area (Å²) in [6, 6.07) is 1.54. The van der Waals surface area contributed by atoms with Crippen molar-refractivity contribution < 1.29 is 9.34 Å². The highest BCUT2D eigenvalue weighted by Gasteiger charge is 2.13. The Labute approximate surface area is 103 Å². The number of nitrogens with one attached hydrogen (secondary N) is 1. The van der Waals surface area contributed by atoms with Gasteiger partial charge in [-0.1, -0.05) is 0 Å². The molecule has 1 N–H and O–H groups in total. The first-order chi connectivity index (χ1) is 8.58. The van der Waals surface area contributed by atoms with Gasteiger partial charge >= 0.3 is 5.69 Å². The van der Waals surface area contributed by atoms with Gasteiger partial charge in [0.25, 0.3) is 0 Å². The van der Waals surface area contributed by atoms with Gasteiger partial charge in [0.2, 0.25) is 5.89 Å². The third-order valence-corrected chi connectivity index (χ3v) is 2.50. The van der Waals surface area contributed by atoms with Crippen LogP contribution in [0.1, 0.15) is 17.3 Å². The topological polar surface area (TPSA) is 94.1 Å². The first-order valence-corrected chi connectivity index (χ1v) is 5.33. The van der Waals surface area contributed by atoms with Crippen LogP contribution in [0.3, 0.4) is 0 Å². The van der Waals surface area contributed by atoms with Crippen LogP contribution < -0.4 is 5.32 Å². The molecule has 0 spiro atoms. The molecule has 0 saturated heterocycles. The van der Waals surface area contributed by atoms with Crippen molar-refractivity contribution in [2.45, 2.75) is 20.4 Å². The molecule has 0 aliphatic heterocycles. The normalized spacial score (nSPS) is 10.3. The number of oxazole rings is 1. The lowest BCUT2D eigenvalue weighted by atomic mass is 10.3. The number of rotatable bonds is 4. The van der Waals surface area contributed by atoms with Gasteiger partial charge in [-0.25, -0.2) is 4.98 Å². The van der Waals surface area contributed by atoms with E-state index in [0.29, 0.717) is 18.1 Å². The van der Waals surface area contributed by atoms with Crippen molar-refractivity contribution in [1.82, 2.24) is 9.97 Å². The Morgan fingerprint density at radius 2 is 2.28 bits per heavy atom. The molecule has 0 aliphatic carbocycles. The number of nitro groups is 1. The molecule has 2 rings (SSSR count). The summed E-state index contributed by atoms with van der Waals surface area (Å²) in [7, 11) is 0. The van der Waals surface area contributed by atoms with E-state index < -0.39 is 4.92 Å². The van der Waals surface area contributed by atoms with Crippen molar-refractivity contribution in [3.63, 3.8) is 0 Å². The molecule has 94 valence electrons. The van der Waals surface area contributed by atoms with Gasteiger partial charge in [0.1, 0.15) is 17.6 Å². The van der Waals surface area contributed by atoms with Crippen LogP contribution >= 0.6 is 0 Å². The number of aryl methyl sites for hydroxylation is 2. The van der Waals surface area contributed by atoms with Crippen molar-refractivity contribution in [3.8, 4) is 0 Å². The van der Waals surface area contributed by atoms with Gasteiger partial charge in [-0.2, -0.15) is 0 Å². The summed E-state index contributed by atoms with van der Waals surface area (Å²) >= 11 is 0. The molecular formula is C11H12N4O3. The van der Waals surface area contributed by atoms with Crippen LogP contribution in [-0.4, -0.2) is 14.9 Å². The van der Waals surface area contributed by atoms with E-state index in [4.69, 9.17) is 4.42 Å². The average molecular weight is 248 g/mol. The number of hydrogen-bond acceptors (Lipinski definition) is 6. The highest BCUT2D eigenvalue weighted by Crippen LogP contribution is 2.22. The van der Waals surface area contributed by atoms with Gasteiger partial charge in [0.05, 0.1) is 17.2 Å². The summed E-state index contributed by atoms with van der Waals surface area (Å²) < 4.78 is 5.38. The number of pyridine rings is 1. The maximum absolute atomic E-state index is 10.8. The lowest BCUT2D eigenvalue weighted by Crippen LogP contribution is -2.03. The first kappa shape index (κ1) is 12.0. The molecule has 7 heteroatoms. The zero-order chi connectivity index (χ0) is 13.1. The summed E-state index contributed by atoms with van der Waals surface area (Å²) in [6.07, 6.45) is 2.69. The van der Waals surface area contributed by atoms with E-state index >= 15 is 0 Å². The monoisotopic (exact) mass is 248 g/mol. The highest BCUT2D eigenvalue weighted by molar-refractivity contribution is 5.59. The van der Waals surface area contributed by atoms with E-state index in [1.54, 1.807) is 6.07 Å². The van der Waals surface area contributed by atoms with E-state index in [-0.39, 0.29) is 5.69 Å². The predicted octanol–water partition coefficient (Wildman–Crippen LogP) is 2.21. The van der Waals surface area contributed by atoms with Gasteiger partial charge in [-0.15, -0.1) is 0 Å². The highest BCUT2D eigenvalue weighted by atomic mass is 16.6. The van der Waals surface area contributed by atoms with Crippen molar-refractivity contribution in [2.75, 3.05) is 5.32 Å². The Bertz CT molecular complexity index is 560. The second-order valence-corrected chi connectivity index (χ2v) is 3.75. The van der Waals surface area contributed by atoms with Gasteiger partial charge in [-0.05, 0) is 19.9 Å². The van der Waals surface area contributed by atoms with Crippen LogP contribution in [-0.2, 0) is 6.54 Å². The molecule has 7 nitrogen and oxygen atoms in total. The molecule has 0 atom stereocenters. The van der Waals surface area contributed by atoms with E-state index in [9.17, 15) is 10.1 Å². The van der Waals surface area contributed by atoms with Crippen molar-refractivity contribution in [3.05, 3.63) is 45.9 Å². The molecule has 18 heavy (non-hydrogen) atoms. The minimum Gasteiger partial charge on any atom is -0.444 e. The van der Waals surface area contributed by atoms with Gasteiger partial charge in [0, 0.05) is 6.20 Å². The average Bonchev–Trinajstić information content (AvgIpc) is 2.66. The van der Waals surface area contributed by atoms with E-state index in [0.717, 1.165) is 11.5 Å². The van der Waals surface area contributed by atoms with Crippen LogP contribution in [0.15, 0.2) is 22.9 Å². The number of nitrogens with zero attached hydrogens (tertiary/aromatic N) is 3. The van der Waals surface area contributed by atoms with E-state index in [1.165, 1.54) is 12.4 Å². The zero-order valence-corrected chi connectivity index (χ0v) is 10.0. The van der Waals surface area contributed by atoms with E-state index in [1.807, 2.05) is 13.8 Å². The maximum atomic E-state index is 10.8. The largest absolute Gasteiger partial charge is 0.444 e. The Kier molecular flexibility index (Phi) is 3.22. The molecule has 2 heterocycles. The smallest absolute Gasteiger partial charge is 0.310 e. The molecule has 0 fully saturated rings. The minimum absolute atomic E-state index is 0.0718. The SMILES string of the molecule is Cc1nc(CNc2ccncc2[N+](=O)[O-])oc1C. The third kappa shape index (κ3) is 2.45. The Morgan fingerprint density at radius 3 is 2.89 bits per heavy atom. The molecule has 2 aromatic rings. The second kappa shape index (κ2) is 4.82. The minimum atomic E-state index is -0.485. The van der Waals surface area contributed by atoms with Gasteiger partial charge in [0.15, 0.2) is 0 Å². The molecular weight excluding hydrogens is 236 g/mol. The maximum Gasteiger partial charge on any atom is 0.310 e. The Balaban J connectivity index is 2.13. The quantitative estimate of drug-likeness (QED) is 0.658. The molecule has 0 aromatic carbocycles. The number of aromatic nitrogens is 2. The van der Waals surface area contributed by atoms with Crippen LogP contribution in [0.5, 0.6) is 0 Å². The van der Waals surface area contributed by atoms with Crippen LogP contribution in [0.25, 0.3) is 0 Å². The number of hydrogen-bond donors (Lipinski definition) is 1. The standard InChI is InChI=1S/C11H12N4O3/c1-7-8(2)18-11(14-7)6-13-9-3-4-12-5-10(9)15(16)17/h3-5H,6H2,1-2H3,(H,12,13). The van der Waals surface area contributed by atoms with Crippen molar-refractivity contribution in [1.29, 1.82) is 0 Å². The summed E-state index contributed by atoms with van der Waals surface area (Å²) in [4.78, 5) is 18.2. The van der Waals surface area contributed by atoms with Gasteiger partial charge < -0.3 is 9.73 Å². The fraction of sp³-hybridized carbons (Fsp3) is 0.273. The lowest BCUT2D eigenvalue weighted by molar-refractivity contribution is -0.384. The third-order valence-electron chi connectivity index (χ3n) is 2.50. The van der Waals surface area contributed by atoms with Crippen LogP contribution in [0, 0.1) is 24.0 Å². The van der Waals surface area contributed by atoms with Crippen molar-refractivity contribution in [2.24, 2.45) is 0 Å². The molecule has 0 radical (unpaired) electrons. The molecule has 0 bridgehead atoms. The summed E-state index contributed by atoms with van der Waals surface area (Å²) in [5.74, 6) is 1.24. The molecule has 0 saturated carbocycles. The fourth-order valence-corrected chi connectivity index (χ4v) is 1.47. The fourth-order valence-electron chi connectivity index (χ4n) is 1.47. The van der Waals surface area contributed by atoms with Crippen LogP contribution in [0.4, 0.5) is 11.4 Å². The number of anilines is 1. The summed E-state index contributed by atoms with van der Waals surface area (Å²) in [5.41, 5.74) is 1.14. The second-order valence-electron chi connectivity index (χ2n) is 3.75. The zero-order valence-electron chi connectivity index (χ0n) is 10.0. The predicted molar refractivity (Wildman–Crippen MR) is 64.2 cm³/mol. The molecule has 0 aliphatic rings. The molecule has 0 amide bonds. The van der Waals surface area contributed by atoms with Gasteiger partial charge in [-0.3, -0.25) is 15.1 Å². The van der Waals surface area contributed by atoms with Crippen molar-refractivity contribution >= 4 is 11.4 Å². The Morgan fingerprint density at radius 1 is 1.50 bits per heavy atom. The van der Waals surface area contributed by atoms with Crippen LogP contribution in [0.2, 0.25) is 0 Å². The molecule has 2 aromatic heterocycles. The lowest BCUT2D eigenvalue weighted by Gasteiger charge is -2.03.